The molecular formula is C18H35N7O2. The van der Waals surface area contributed by atoms with Crippen LogP contribution >= 0.6 is 0 Å². The zero-order valence-corrected chi connectivity index (χ0v) is 17.0. The highest BCUT2D eigenvalue weighted by atomic mass is 16.5. The van der Waals surface area contributed by atoms with Gasteiger partial charge in [0.2, 0.25) is 0 Å². The Morgan fingerprint density at radius 2 is 1.93 bits per heavy atom. The van der Waals surface area contributed by atoms with Crippen LogP contribution in [0.1, 0.15) is 31.4 Å². The topological polar surface area (TPSA) is 88.8 Å². The second kappa shape index (κ2) is 12.6. The molecule has 0 unspecified atom stereocenters. The number of aryl methyl sites for hydroxylation is 1. The number of aromatic nitrogens is 3. The van der Waals surface area contributed by atoms with Crippen molar-refractivity contribution in [2.75, 3.05) is 59.2 Å². The van der Waals surface area contributed by atoms with Gasteiger partial charge in [-0.1, -0.05) is 0 Å². The second-order valence-corrected chi connectivity index (χ2v) is 6.60. The molecule has 1 aliphatic heterocycles. The van der Waals surface area contributed by atoms with Gasteiger partial charge in [0, 0.05) is 46.4 Å². The summed E-state index contributed by atoms with van der Waals surface area (Å²) in [5.41, 5.74) is 0. The van der Waals surface area contributed by atoms with Crippen molar-refractivity contribution in [3.05, 3.63) is 11.6 Å². The third-order valence-electron chi connectivity index (χ3n) is 4.57. The largest absolute Gasteiger partial charge is 0.382 e. The van der Waals surface area contributed by atoms with E-state index in [0.29, 0.717) is 6.54 Å². The lowest BCUT2D eigenvalue weighted by Crippen LogP contribution is -2.41. The molecule has 9 heteroatoms. The molecule has 1 aliphatic rings. The lowest BCUT2D eigenvalue weighted by molar-refractivity contribution is 0.0376. The van der Waals surface area contributed by atoms with E-state index in [1.807, 2.05) is 25.5 Å². The highest BCUT2D eigenvalue weighted by Gasteiger charge is 2.09. The number of rotatable bonds is 11. The molecule has 2 heterocycles. The number of morpholine rings is 1. The van der Waals surface area contributed by atoms with Crippen molar-refractivity contribution in [1.82, 2.24) is 30.3 Å². The number of aliphatic imine (C=N–C) groups is 1. The van der Waals surface area contributed by atoms with Crippen LogP contribution in [0.15, 0.2) is 4.99 Å². The molecule has 0 saturated carbocycles. The summed E-state index contributed by atoms with van der Waals surface area (Å²) in [6.45, 7) is 12.5. The van der Waals surface area contributed by atoms with E-state index in [1.54, 1.807) is 0 Å². The third-order valence-corrected chi connectivity index (χ3v) is 4.57. The molecule has 1 saturated heterocycles. The summed E-state index contributed by atoms with van der Waals surface area (Å²) in [6, 6.07) is 0. The summed E-state index contributed by atoms with van der Waals surface area (Å²) in [7, 11) is 1.96. The summed E-state index contributed by atoms with van der Waals surface area (Å²) in [4.78, 5) is 7.11. The van der Waals surface area contributed by atoms with Crippen molar-refractivity contribution in [1.29, 1.82) is 0 Å². The van der Waals surface area contributed by atoms with Gasteiger partial charge in [0.05, 0.1) is 13.2 Å². The molecule has 0 bridgehead atoms. The van der Waals surface area contributed by atoms with Gasteiger partial charge in [0.1, 0.15) is 12.4 Å². The molecule has 0 atom stereocenters. The maximum absolute atomic E-state index is 5.39. The fraction of sp³-hybridized carbons (Fsp3) is 0.833. The second-order valence-electron chi connectivity index (χ2n) is 6.60. The van der Waals surface area contributed by atoms with Crippen molar-refractivity contribution in [2.45, 2.75) is 33.2 Å². The molecule has 2 rings (SSSR count). The van der Waals surface area contributed by atoms with Crippen molar-refractivity contribution in [3.8, 4) is 0 Å². The Balaban J connectivity index is 1.76. The third kappa shape index (κ3) is 8.23. The van der Waals surface area contributed by atoms with E-state index in [0.717, 1.165) is 89.6 Å². The molecule has 0 aromatic carbocycles. The van der Waals surface area contributed by atoms with Gasteiger partial charge in [-0.05, 0) is 33.2 Å². The molecule has 0 aliphatic carbocycles. The Bertz CT molecular complexity index is 556. The van der Waals surface area contributed by atoms with Crippen LogP contribution in [0.2, 0.25) is 0 Å². The Kier molecular flexibility index (Phi) is 10.1. The molecule has 27 heavy (non-hydrogen) atoms. The quantitative estimate of drug-likeness (QED) is 0.324. The van der Waals surface area contributed by atoms with Crippen LogP contribution < -0.4 is 10.6 Å². The van der Waals surface area contributed by atoms with E-state index in [2.05, 4.69) is 30.7 Å². The van der Waals surface area contributed by atoms with Crippen LogP contribution in [0.3, 0.4) is 0 Å². The summed E-state index contributed by atoms with van der Waals surface area (Å²) >= 11 is 0. The lowest BCUT2D eigenvalue weighted by atomic mass is 10.3. The fourth-order valence-electron chi connectivity index (χ4n) is 2.77. The summed E-state index contributed by atoms with van der Waals surface area (Å²) in [6.07, 6.45) is 2.02. The van der Waals surface area contributed by atoms with Crippen LogP contribution in [-0.2, 0) is 23.1 Å². The van der Waals surface area contributed by atoms with Gasteiger partial charge in [-0.25, -0.2) is 4.99 Å². The normalized spacial score (nSPS) is 15.9. The van der Waals surface area contributed by atoms with Crippen LogP contribution in [0.4, 0.5) is 0 Å². The van der Waals surface area contributed by atoms with E-state index < -0.39 is 0 Å². The number of nitrogens with zero attached hydrogens (tertiary/aromatic N) is 5. The Labute approximate surface area is 162 Å². The molecule has 1 aromatic rings. The smallest absolute Gasteiger partial charge is 0.191 e. The first kappa shape index (κ1) is 21.6. The molecule has 1 fully saturated rings. The zero-order chi connectivity index (χ0) is 19.3. The minimum absolute atomic E-state index is 0.502. The van der Waals surface area contributed by atoms with Crippen LogP contribution in [0.5, 0.6) is 0 Å². The van der Waals surface area contributed by atoms with Gasteiger partial charge in [-0.3, -0.25) is 4.90 Å². The monoisotopic (exact) mass is 381 g/mol. The molecule has 0 radical (unpaired) electrons. The summed E-state index contributed by atoms with van der Waals surface area (Å²) in [5.74, 6) is 2.57. The minimum Gasteiger partial charge on any atom is -0.382 e. The highest BCUT2D eigenvalue weighted by Crippen LogP contribution is 2.00. The average Bonchev–Trinajstić information content (AvgIpc) is 3.01. The van der Waals surface area contributed by atoms with E-state index in [9.17, 15) is 0 Å². The first-order valence-electron chi connectivity index (χ1n) is 9.95. The number of hydrogen-bond donors (Lipinski definition) is 2. The van der Waals surface area contributed by atoms with Gasteiger partial charge < -0.3 is 24.7 Å². The average molecular weight is 382 g/mol. The number of hydrogen-bond acceptors (Lipinski definition) is 6. The van der Waals surface area contributed by atoms with Crippen molar-refractivity contribution >= 4 is 5.96 Å². The Morgan fingerprint density at radius 1 is 1.19 bits per heavy atom. The van der Waals surface area contributed by atoms with E-state index in [1.165, 1.54) is 0 Å². The number of guanidine groups is 1. The fourth-order valence-corrected chi connectivity index (χ4v) is 2.77. The lowest BCUT2D eigenvalue weighted by Gasteiger charge is -2.26. The SMILES string of the molecule is CCOCCCNC(=NCc1nnc(C)n1C)NCCCN1CCOCC1. The highest BCUT2D eigenvalue weighted by molar-refractivity contribution is 5.79. The summed E-state index contributed by atoms with van der Waals surface area (Å²) in [5, 5.41) is 15.1. The van der Waals surface area contributed by atoms with E-state index in [4.69, 9.17) is 9.47 Å². The first-order chi connectivity index (χ1) is 13.2. The molecule has 0 amide bonds. The molecule has 1 aromatic heterocycles. The molecule has 2 N–H and O–H groups in total. The maximum atomic E-state index is 5.39. The van der Waals surface area contributed by atoms with Gasteiger partial charge in [0.25, 0.3) is 0 Å². The number of nitrogens with one attached hydrogen (secondary N) is 2. The van der Waals surface area contributed by atoms with Crippen molar-refractivity contribution < 1.29 is 9.47 Å². The molecule has 9 nitrogen and oxygen atoms in total. The van der Waals surface area contributed by atoms with Gasteiger partial charge in [-0.2, -0.15) is 0 Å². The van der Waals surface area contributed by atoms with Crippen LogP contribution in [0.25, 0.3) is 0 Å². The number of ether oxygens (including phenoxy) is 2. The van der Waals surface area contributed by atoms with E-state index >= 15 is 0 Å². The predicted octanol–water partition coefficient (Wildman–Crippen LogP) is 0.308. The Morgan fingerprint density at radius 3 is 2.59 bits per heavy atom. The summed E-state index contributed by atoms with van der Waals surface area (Å²) < 4.78 is 12.8. The van der Waals surface area contributed by atoms with Crippen LogP contribution in [-0.4, -0.2) is 84.8 Å². The minimum atomic E-state index is 0.502. The molecule has 0 spiro atoms. The maximum Gasteiger partial charge on any atom is 0.191 e. The van der Waals surface area contributed by atoms with Crippen LogP contribution in [0, 0.1) is 6.92 Å². The molecule has 154 valence electrons. The van der Waals surface area contributed by atoms with Crippen molar-refractivity contribution in [3.63, 3.8) is 0 Å². The predicted molar refractivity (Wildman–Crippen MR) is 106 cm³/mol. The van der Waals surface area contributed by atoms with E-state index in [-0.39, 0.29) is 0 Å². The zero-order valence-electron chi connectivity index (χ0n) is 17.0. The van der Waals surface area contributed by atoms with Gasteiger partial charge >= 0.3 is 0 Å². The first-order valence-corrected chi connectivity index (χ1v) is 9.95. The van der Waals surface area contributed by atoms with Gasteiger partial charge in [0.15, 0.2) is 11.8 Å². The van der Waals surface area contributed by atoms with Crippen molar-refractivity contribution in [2.24, 2.45) is 12.0 Å². The molecular weight excluding hydrogens is 346 g/mol. The standard InChI is InChI=1S/C18H35N7O2/c1-4-26-12-6-8-20-18(21-15-17-23-22-16(2)24(17)3)19-7-5-9-25-10-13-27-14-11-25/h4-15H2,1-3H3,(H2,19,20,21). The Hall–Kier alpha value is -1.71. The van der Waals surface area contributed by atoms with Gasteiger partial charge in [-0.15, -0.1) is 10.2 Å².